The van der Waals surface area contributed by atoms with Crippen molar-refractivity contribution in [1.82, 2.24) is 4.90 Å². The molecule has 0 aliphatic carbocycles. The smallest absolute Gasteiger partial charge is 0.307 e. The van der Waals surface area contributed by atoms with E-state index in [1.807, 2.05) is 25.1 Å². The summed E-state index contributed by atoms with van der Waals surface area (Å²) < 4.78 is 5.43. The Morgan fingerprint density at radius 1 is 0.743 bits per heavy atom. The van der Waals surface area contributed by atoms with Gasteiger partial charge in [0.1, 0.15) is 0 Å². The van der Waals surface area contributed by atoms with E-state index in [1.54, 1.807) is 0 Å². The number of hydrogen-bond acceptors (Lipinski definition) is 3. The highest BCUT2D eigenvalue weighted by molar-refractivity contribution is 5.71. The van der Waals surface area contributed by atoms with Crippen LogP contribution in [0.4, 0.5) is 0 Å². The minimum Gasteiger partial charge on any atom is -0.466 e. The van der Waals surface area contributed by atoms with Crippen LogP contribution in [-0.4, -0.2) is 17.5 Å². The van der Waals surface area contributed by atoms with Crippen molar-refractivity contribution in [3.63, 3.8) is 0 Å². The van der Waals surface area contributed by atoms with Crippen LogP contribution in [0.5, 0.6) is 0 Å². The highest BCUT2D eigenvalue weighted by atomic mass is 16.5. The molecule has 4 rings (SSSR count). The number of ether oxygens (including phenoxy) is 1. The third kappa shape index (κ3) is 6.46. The van der Waals surface area contributed by atoms with Crippen LogP contribution in [0.25, 0.3) is 11.1 Å². The van der Waals surface area contributed by atoms with Gasteiger partial charge in [0.25, 0.3) is 0 Å². The first-order valence-corrected chi connectivity index (χ1v) is 12.3. The molecular weight excluding hydrogens is 430 g/mol. The fourth-order valence-corrected chi connectivity index (χ4v) is 4.59. The summed E-state index contributed by atoms with van der Waals surface area (Å²) in [6.07, 6.45) is 0.288. The van der Waals surface area contributed by atoms with Crippen molar-refractivity contribution in [3.05, 3.63) is 132 Å². The summed E-state index contributed by atoms with van der Waals surface area (Å²) in [5, 5.41) is 0. The zero-order chi connectivity index (χ0) is 24.5. The molecule has 4 aromatic rings. The van der Waals surface area contributed by atoms with Crippen molar-refractivity contribution in [1.29, 1.82) is 0 Å². The fraction of sp³-hybridized carbons (Fsp3) is 0.219. The molecule has 0 N–H and O–H groups in total. The predicted octanol–water partition coefficient (Wildman–Crippen LogP) is 7.61. The molecule has 0 saturated heterocycles. The first-order chi connectivity index (χ1) is 17.2. The molecule has 178 valence electrons. The van der Waals surface area contributed by atoms with Crippen molar-refractivity contribution in [2.45, 2.75) is 38.9 Å². The molecule has 0 unspecified atom stereocenters. The molecule has 0 bridgehead atoms. The minimum atomic E-state index is -0.180. The zero-order valence-electron chi connectivity index (χ0n) is 20.5. The van der Waals surface area contributed by atoms with Gasteiger partial charge in [-0.3, -0.25) is 9.69 Å². The van der Waals surface area contributed by atoms with E-state index in [4.69, 9.17) is 4.74 Å². The van der Waals surface area contributed by atoms with Gasteiger partial charge in [0.2, 0.25) is 0 Å². The summed E-state index contributed by atoms with van der Waals surface area (Å²) in [5.74, 6) is -0.180. The Labute approximate surface area is 209 Å². The zero-order valence-corrected chi connectivity index (χ0v) is 20.5. The van der Waals surface area contributed by atoms with E-state index in [-0.39, 0.29) is 24.5 Å². The Morgan fingerprint density at radius 3 is 1.97 bits per heavy atom. The van der Waals surface area contributed by atoms with Gasteiger partial charge in [0.15, 0.2) is 0 Å². The predicted molar refractivity (Wildman–Crippen MR) is 143 cm³/mol. The summed E-state index contributed by atoms with van der Waals surface area (Å²) in [7, 11) is 0. The lowest BCUT2D eigenvalue weighted by atomic mass is 9.94. The Hall–Kier alpha value is -3.69. The Morgan fingerprint density at radius 2 is 1.31 bits per heavy atom. The third-order valence-corrected chi connectivity index (χ3v) is 6.43. The van der Waals surface area contributed by atoms with Crippen LogP contribution < -0.4 is 0 Å². The average Bonchev–Trinajstić information content (AvgIpc) is 2.92. The molecule has 0 aliphatic heterocycles. The van der Waals surface area contributed by atoms with Gasteiger partial charge in [0, 0.05) is 18.6 Å². The van der Waals surface area contributed by atoms with Gasteiger partial charge < -0.3 is 4.74 Å². The van der Waals surface area contributed by atoms with Crippen molar-refractivity contribution in [2.75, 3.05) is 6.61 Å². The Bertz CT molecular complexity index is 1190. The van der Waals surface area contributed by atoms with Gasteiger partial charge in [-0.15, -0.1) is 0 Å². The van der Waals surface area contributed by atoms with Crippen LogP contribution in [0.3, 0.4) is 0 Å². The molecule has 0 aliphatic rings. The topological polar surface area (TPSA) is 29.5 Å². The molecule has 35 heavy (non-hydrogen) atoms. The Balaban J connectivity index is 1.78. The summed E-state index contributed by atoms with van der Waals surface area (Å²) >= 11 is 0. The second-order valence-electron chi connectivity index (χ2n) is 8.76. The van der Waals surface area contributed by atoms with Crippen molar-refractivity contribution >= 4 is 5.97 Å². The second-order valence-corrected chi connectivity index (χ2v) is 8.76. The van der Waals surface area contributed by atoms with Crippen LogP contribution in [0, 0.1) is 0 Å². The number of carbonyl (C=O) groups is 1. The SMILES string of the molecule is CCOC(=O)C[C@@H](c1cccc(-c2ccccc2)c1)N(Cc1ccccc1)[C@H](C)c1ccccc1. The first-order valence-electron chi connectivity index (χ1n) is 12.3. The molecule has 0 saturated carbocycles. The molecule has 0 spiro atoms. The van der Waals surface area contributed by atoms with E-state index in [0.29, 0.717) is 6.61 Å². The molecule has 0 heterocycles. The van der Waals surface area contributed by atoms with Crippen LogP contribution in [0.2, 0.25) is 0 Å². The number of rotatable bonds is 10. The molecule has 0 fully saturated rings. The van der Waals surface area contributed by atoms with Crippen LogP contribution in [-0.2, 0) is 16.1 Å². The van der Waals surface area contributed by atoms with E-state index >= 15 is 0 Å². The van der Waals surface area contributed by atoms with Gasteiger partial charge in [-0.25, -0.2) is 0 Å². The van der Waals surface area contributed by atoms with Crippen molar-refractivity contribution in [3.8, 4) is 11.1 Å². The summed E-state index contributed by atoms with van der Waals surface area (Å²) in [6.45, 7) is 5.17. The lowest BCUT2D eigenvalue weighted by molar-refractivity contribution is -0.145. The average molecular weight is 464 g/mol. The molecule has 2 atom stereocenters. The maximum atomic E-state index is 12.8. The Kier molecular flexibility index (Phi) is 8.48. The largest absolute Gasteiger partial charge is 0.466 e. The van der Waals surface area contributed by atoms with Gasteiger partial charge in [-0.2, -0.15) is 0 Å². The fourth-order valence-electron chi connectivity index (χ4n) is 4.59. The lowest BCUT2D eigenvalue weighted by Crippen LogP contribution is -2.33. The number of carbonyl (C=O) groups excluding carboxylic acids is 1. The maximum absolute atomic E-state index is 12.8. The van der Waals surface area contributed by atoms with Gasteiger partial charge in [0.05, 0.1) is 13.0 Å². The highest BCUT2D eigenvalue weighted by Gasteiger charge is 2.29. The summed E-state index contributed by atoms with van der Waals surface area (Å²) in [5.41, 5.74) is 5.84. The molecule has 3 nitrogen and oxygen atoms in total. The van der Waals surface area contributed by atoms with Gasteiger partial charge in [-0.1, -0.05) is 109 Å². The molecule has 0 amide bonds. The molecule has 4 aromatic carbocycles. The second kappa shape index (κ2) is 12.1. The normalized spacial score (nSPS) is 12.8. The molecule has 0 radical (unpaired) electrons. The van der Waals surface area contributed by atoms with Gasteiger partial charge >= 0.3 is 5.97 Å². The van der Waals surface area contributed by atoms with Crippen LogP contribution >= 0.6 is 0 Å². The quantitative estimate of drug-likeness (QED) is 0.227. The van der Waals surface area contributed by atoms with E-state index in [0.717, 1.165) is 23.2 Å². The number of nitrogens with zero attached hydrogens (tertiary/aromatic N) is 1. The highest BCUT2D eigenvalue weighted by Crippen LogP contribution is 2.36. The van der Waals surface area contributed by atoms with Crippen molar-refractivity contribution in [2.24, 2.45) is 0 Å². The van der Waals surface area contributed by atoms with E-state index < -0.39 is 0 Å². The summed E-state index contributed by atoms with van der Waals surface area (Å²) in [6, 6.07) is 39.8. The maximum Gasteiger partial charge on any atom is 0.307 e. The minimum absolute atomic E-state index is 0.0937. The lowest BCUT2D eigenvalue weighted by Gasteiger charge is -2.37. The third-order valence-electron chi connectivity index (χ3n) is 6.43. The van der Waals surface area contributed by atoms with Crippen molar-refractivity contribution < 1.29 is 9.53 Å². The molecule has 0 aromatic heterocycles. The number of benzene rings is 4. The van der Waals surface area contributed by atoms with E-state index in [2.05, 4.69) is 109 Å². The number of esters is 1. The standard InChI is InChI=1S/C32H33NO2/c1-3-35-32(34)23-31(30-21-13-20-29(22-30)28-18-11-6-12-19-28)33(24-26-14-7-4-8-15-26)25(2)27-16-9-5-10-17-27/h4-22,25,31H,3,23-24H2,1-2H3/t25-,31+/m1/s1. The summed E-state index contributed by atoms with van der Waals surface area (Å²) in [4.78, 5) is 15.3. The molecular formula is C32H33NO2. The number of hydrogen-bond donors (Lipinski definition) is 0. The van der Waals surface area contributed by atoms with Crippen LogP contribution in [0.15, 0.2) is 115 Å². The van der Waals surface area contributed by atoms with Gasteiger partial charge in [-0.05, 0) is 47.7 Å². The van der Waals surface area contributed by atoms with E-state index in [1.165, 1.54) is 11.1 Å². The monoisotopic (exact) mass is 463 g/mol. The first kappa shape index (κ1) is 24.4. The van der Waals surface area contributed by atoms with E-state index in [9.17, 15) is 4.79 Å². The van der Waals surface area contributed by atoms with Crippen LogP contribution in [0.1, 0.15) is 49.0 Å². The molecule has 3 heteroatoms.